The third kappa shape index (κ3) is 4.84. The van der Waals surface area contributed by atoms with Crippen molar-refractivity contribution in [2.75, 3.05) is 50.1 Å². The second-order valence-electron chi connectivity index (χ2n) is 13.3. The maximum atomic E-state index is 17.3. The fourth-order valence-corrected chi connectivity index (χ4v) is 7.29. The number of hydrogen-bond donors (Lipinski definition) is 0. The van der Waals surface area contributed by atoms with E-state index in [1.165, 1.54) is 6.08 Å². The number of hydrogen-bond acceptors (Lipinski definition) is 7. The molecule has 9 nitrogen and oxygen atoms in total. The number of benzene rings is 2. The number of anilines is 2. The molecule has 11 heteroatoms. The van der Waals surface area contributed by atoms with Crippen LogP contribution >= 0.6 is 11.6 Å². The predicted octanol–water partition coefficient (Wildman–Crippen LogP) is 5.52. The molecule has 2 aliphatic heterocycles. The van der Waals surface area contributed by atoms with E-state index in [-0.39, 0.29) is 23.5 Å². The summed E-state index contributed by atoms with van der Waals surface area (Å²) < 4.78 is 19.2. The zero-order chi connectivity index (χ0) is 31.9. The van der Waals surface area contributed by atoms with E-state index in [4.69, 9.17) is 26.7 Å². The number of aromatic nitrogens is 4. The zero-order valence-corrected chi connectivity index (χ0v) is 27.6. The Hall–Kier alpha value is -3.76. The highest BCUT2D eigenvalue weighted by Crippen LogP contribution is 2.48. The fraction of sp³-hybridized carbons (Fsp3) is 0.471. The first kappa shape index (κ1) is 29.9. The third-order valence-electron chi connectivity index (χ3n) is 9.91. The second-order valence-corrected chi connectivity index (χ2v) is 13.7. The van der Waals surface area contributed by atoms with E-state index in [1.807, 2.05) is 42.6 Å². The van der Waals surface area contributed by atoms with E-state index < -0.39 is 5.82 Å². The van der Waals surface area contributed by atoms with Gasteiger partial charge in [0.25, 0.3) is 0 Å². The highest BCUT2D eigenvalue weighted by molar-refractivity contribution is 6.35. The molecule has 0 unspecified atom stereocenters. The first-order valence-electron chi connectivity index (χ1n) is 15.8. The first-order chi connectivity index (χ1) is 21.5. The molecule has 7 rings (SSSR count). The molecule has 0 spiro atoms. The predicted molar refractivity (Wildman–Crippen MR) is 179 cm³/mol. The van der Waals surface area contributed by atoms with Crippen LogP contribution in [0.4, 0.5) is 16.2 Å². The summed E-state index contributed by atoms with van der Waals surface area (Å²) in [4.78, 5) is 30.8. The molecule has 4 aromatic rings. The Morgan fingerprint density at radius 2 is 1.82 bits per heavy atom. The SMILES string of the molecule is C=CC(=O)N1C[C@H](C)N(c2nc(N3CC(N(C)C)C3)nc3c(F)c(-c4c(C)ccc5c4c(C4CC4)nn5C)c(Cl)cc23)C[C@@H]1C. The Morgan fingerprint density at radius 1 is 1.09 bits per heavy atom. The van der Waals surface area contributed by atoms with Crippen LogP contribution in [-0.2, 0) is 11.8 Å². The van der Waals surface area contributed by atoms with Gasteiger partial charge in [-0.05, 0) is 71.5 Å². The van der Waals surface area contributed by atoms with Crippen molar-refractivity contribution in [2.45, 2.75) is 57.7 Å². The smallest absolute Gasteiger partial charge is 0.246 e. The van der Waals surface area contributed by atoms with Crippen LogP contribution in [0.25, 0.3) is 32.9 Å². The van der Waals surface area contributed by atoms with Crippen LogP contribution in [0.15, 0.2) is 30.9 Å². The van der Waals surface area contributed by atoms with E-state index in [1.54, 1.807) is 0 Å². The summed E-state index contributed by atoms with van der Waals surface area (Å²) in [7, 11) is 6.07. The molecule has 2 atom stereocenters. The Balaban J connectivity index is 1.43. The maximum absolute atomic E-state index is 17.3. The Labute approximate surface area is 268 Å². The number of aryl methyl sites for hydroxylation is 2. The number of carbonyl (C=O) groups excluding carboxylic acids is 1. The lowest BCUT2D eigenvalue weighted by atomic mass is 9.93. The molecule has 3 aliphatic rings. The van der Waals surface area contributed by atoms with Gasteiger partial charge in [-0.15, -0.1) is 0 Å². The van der Waals surface area contributed by atoms with Crippen LogP contribution in [0.5, 0.6) is 0 Å². The summed E-state index contributed by atoms with van der Waals surface area (Å²) in [6.45, 7) is 12.3. The zero-order valence-electron chi connectivity index (χ0n) is 26.8. The molecule has 236 valence electrons. The summed E-state index contributed by atoms with van der Waals surface area (Å²) in [5.74, 6) is 0.970. The van der Waals surface area contributed by atoms with Crippen LogP contribution in [0.2, 0.25) is 5.02 Å². The lowest BCUT2D eigenvalue weighted by molar-refractivity contribution is -0.128. The van der Waals surface area contributed by atoms with E-state index in [2.05, 4.69) is 48.4 Å². The number of fused-ring (bicyclic) bond motifs is 2. The summed E-state index contributed by atoms with van der Waals surface area (Å²) >= 11 is 7.10. The fourth-order valence-electron chi connectivity index (χ4n) is 7.00. The van der Waals surface area contributed by atoms with E-state index in [0.717, 1.165) is 53.7 Å². The first-order valence-corrected chi connectivity index (χ1v) is 16.1. The molecule has 0 bridgehead atoms. The molecule has 1 saturated carbocycles. The van der Waals surface area contributed by atoms with E-state index in [0.29, 0.717) is 52.8 Å². The van der Waals surface area contributed by atoms with Crippen molar-refractivity contribution in [1.29, 1.82) is 0 Å². The number of amides is 1. The van der Waals surface area contributed by atoms with E-state index in [9.17, 15) is 4.79 Å². The minimum atomic E-state index is -0.450. The molecular formula is C34H40ClFN8O. The van der Waals surface area contributed by atoms with Crippen LogP contribution in [0, 0.1) is 12.7 Å². The molecule has 0 N–H and O–H groups in total. The van der Waals surface area contributed by atoms with Crippen molar-refractivity contribution >= 4 is 51.1 Å². The average Bonchev–Trinajstić information content (AvgIpc) is 3.76. The van der Waals surface area contributed by atoms with Crippen LogP contribution in [0.1, 0.15) is 43.9 Å². The second kappa shape index (κ2) is 10.9. The van der Waals surface area contributed by atoms with Crippen LogP contribution in [-0.4, -0.2) is 93.9 Å². The van der Waals surface area contributed by atoms with Crippen molar-refractivity contribution in [3.05, 3.63) is 53.0 Å². The highest BCUT2D eigenvalue weighted by atomic mass is 35.5. The number of nitrogens with zero attached hydrogens (tertiary/aromatic N) is 8. The molecule has 1 amide bonds. The average molecular weight is 631 g/mol. The maximum Gasteiger partial charge on any atom is 0.246 e. The summed E-state index contributed by atoms with van der Waals surface area (Å²) in [5.41, 5.74) is 4.30. The van der Waals surface area contributed by atoms with Gasteiger partial charge in [0, 0.05) is 79.2 Å². The summed E-state index contributed by atoms with van der Waals surface area (Å²) in [6, 6.07) is 6.11. The van der Waals surface area contributed by atoms with Crippen molar-refractivity contribution in [3.63, 3.8) is 0 Å². The number of carbonyl (C=O) groups is 1. The van der Waals surface area contributed by atoms with Gasteiger partial charge in [0.15, 0.2) is 5.82 Å². The molecule has 0 radical (unpaired) electrons. The number of rotatable bonds is 6. The van der Waals surface area contributed by atoms with Crippen molar-refractivity contribution in [2.24, 2.45) is 7.05 Å². The van der Waals surface area contributed by atoms with Gasteiger partial charge >= 0.3 is 0 Å². The van der Waals surface area contributed by atoms with E-state index >= 15 is 4.39 Å². The Bertz CT molecular complexity index is 1860. The van der Waals surface area contributed by atoms with Gasteiger partial charge in [-0.3, -0.25) is 9.48 Å². The summed E-state index contributed by atoms with van der Waals surface area (Å²) in [5, 5.41) is 6.72. The molecule has 3 fully saturated rings. The molecule has 2 aromatic carbocycles. The number of halogens is 2. The van der Waals surface area contributed by atoms with Crippen molar-refractivity contribution in [1.82, 2.24) is 29.5 Å². The van der Waals surface area contributed by atoms with Gasteiger partial charge in [-0.1, -0.05) is 24.2 Å². The third-order valence-corrected chi connectivity index (χ3v) is 10.2. The van der Waals surface area contributed by atoms with Crippen molar-refractivity contribution < 1.29 is 9.18 Å². The van der Waals surface area contributed by atoms with Crippen LogP contribution < -0.4 is 9.80 Å². The molecule has 45 heavy (non-hydrogen) atoms. The van der Waals surface area contributed by atoms with Gasteiger partial charge in [-0.25, -0.2) is 9.37 Å². The molecular weight excluding hydrogens is 591 g/mol. The standard InChI is InChI=1S/C34H40ClFN8O/c1-8-26(45)43-14-20(4)44(15-19(43)3)33-23-13-24(35)28(30(36)32(23)37-34(38-33)42-16-22(17-42)40(5)6)27-18(2)9-12-25-29(27)31(21-10-11-21)39-41(25)7/h8-9,12-13,19-22H,1,10-11,14-17H2,2-7H3/t19-,20-/m0/s1. The van der Waals surface area contributed by atoms with Gasteiger partial charge in [0.1, 0.15) is 11.3 Å². The molecule has 1 aliphatic carbocycles. The van der Waals surface area contributed by atoms with Gasteiger partial charge in [0.2, 0.25) is 11.9 Å². The number of piperazine rings is 1. The topological polar surface area (TPSA) is 73.6 Å². The molecule has 2 saturated heterocycles. The molecule has 2 aromatic heterocycles. The quantitative estimate of drug-likeness (QED) is 0.260. The summed E-state index contributed by atoms with van der Waals surface area (Å²) in [6.07, 6.45) is 3.52. The Morgan fingerprint density at radius 3 is 2.49 bits per heavy atom. The molecule has 4 heterocycles. The lowest BCUT2D eigenvalue weighted by Gasteiger charge is -2.45. The monoisotopic (exact) mass is 630 g/mol. The lowest BCUT2D eigenvalue weighted by Crippen LogP contribution is -2.59. The van der Waals surface area contributed by atoms with Gasteiger partial charge in [-0.2, -0.15) is 10.1 Å². The van der Waals surface area contributed by atoms with Gasteiger partial charge in [0.05, 0.1) is 16.2 Å². The minimum absolute atomic E-state index is 0.0732. The highest BCUT2D eigenvalue weighted by Gasteiger charge is 2.37. The number of likely N-dealkylation sites (N-methyl/N-ethyl adjacent to an activating group) is 1. The largest absolute Gasteiger partial charge is 0.349 e. The van der Waals surface area contributed by atoms with Gasteiger partial charge < -0.3 is 19.6 Å². The van der Waals surface area contributed by atoms with Crippen LogP contribution in [0.3, 0.4) is 0 Å². The van der Waals surface area contributed by atoms with Crippen molar-refractivity contribution in [3.8, 4) is 11.1 Å². The Kier molecular flexibility index (Phi) is 7.28. The normalized spacial score (nSPS) is 20.9. The minimum Gasteiger partial charge on any atom is -0.349 e.